The van der Waals surface area contributed by atoms with Gasteiger partial charge in [-0.15, -0.1) is 0 Å². The Morgan fingerprint density at radius 2 is 1.90 bits per heavy atom. The number of esters is 1. The summed E-state index contributed by atoms with van der Waals surface area (Å²) in [4.78, 5) is 17.5. The van der Waals surface area contributed by atoms with Crippen molar-refractivity contribution in [3.05, 3.63) is 30.9 Å². The molecular formula is C13H24N2O5Si. The number of carbonyl (C=O) groups is 1. The van der Waals surface area contributed by atoms with Gasteiger partial charge in [-0.05, 0) is 13.3 Å². The Bertz CT molecular complexity index is 368. The molecule has 1 heterocycles. The zero-order valence-corrected chi connectivity index (χ0v) is 14.0. The molecule has 1 N–H and O–H groups in total. The van der Waals surface area contributed by atoms with Crippen LogP contribution >= 0.6 is 0 Å². The lowest BCUT2D eigenvalue weighted by molar-refractivity contribution is -0.139. The molecule has 8 heteroatoms. The fourth-order valence-electron chi connectivity index (χ4n) is 1.35. The van der Waals surface area contributed by atoms with Crippen molar-refractivity contribution in [2.45, 2.75) is 19.4 Å². The lowest BCUT2D eigenvalue weighted by atomic mass is 10.4. The molecule has 0 aliphatic rings. The third-order valence-corrected chi connectivity index (χ3v) is 5.38. The second-order valence-corrected chi connectivity index (χ2v) is 7.17. The smallest absolute Gasteiger partial charge is 0.462 e. The minimum absolute atomic E-state index is 0.316. The van der Waals surface area contributed by atoms with Crippen molar-refractivity contribution < 1.29 is 22.8 Å². The highest BCUT2D eigenvalue weighted by atomic mass is 28.4. The summed E-state index contributed by atoms with van der Waals surface area (Å²) in [5.41, 5.74) is 0.397. The summed E-state index contributed by atoms with van der Waals surface area (Å²) in [6.07, 6.45) is 5.72. The van der Waals surface area contributed by atoms with Gasteiger partial charge in [0.15, 0.2) is 0 Å². The van der Waals surface area contributed by atoms with E-state index in [4.69, 9.17) is 18.0 Å². The van der Waals surface area contributed by atoms with E-state index < -0.39 is 8.80 Å². The maximum Gasteiger partial charge on any atom is 0.500 e. The molecule has 0 amide bonds. The number of nitrogens with one attached hydrogen (secondary N) is 1. The normalized spacial score (nSPS) is 10.5. The molecule has 1 aromatic heterocycles. The zero-order valence-electron chi connectivity index (χ0n) is 13.0. The van der Waals surface area contributed by atoms with Crippen LogP contribution in [0.5, 0.6) is 0 Å². The minimum Gasteiger partial charge on any atom is -0.462 e. The predicted molar refractivity (Wildman–Crippen MR) is 80.6 cm³/mol. The van der Waals surface area contributed by atoms with Crippen LogP contribution in [0.2, 0.25) is 6.04 Å². The summed E-state index contributed by atoms with van der Waals surface area (Å²) in [7, 11) is 2.13. The molecule has 7 nitrogen and oxygen atoms in total. The summed E-state index contributed by atoms with van der Waals surface area (Å²) in [5, 5.41) is 0. The first-order valence-electron chi connectivity index (χ1n) is 6.42. The van der Waals surface area contributed by atoms with Crippen LogP contribution < -0.4 is 0 Å². The highest BCUT2D eigenvalue weighted by molar-refractivity contribution is 6.60. The third kappa shape index (κ3) is 8.40. The van der Waals surface area contributed by atoms with Crippen molar-refractivity contribution in [3.8, 4) is 0 Å². The topological polar surface area (TPSA) is 82.7 Å². The summed E-state index contributed by atoms with van der Waals surface area (Å²) in [6, 6.07) is 0.611. The molecule has 21 heavy (non-hydrogen) atoms. The van der Waals surface area contributed by atoms with E-state index in [0.717, 1.165) is 0 Å². The van der Waals surface area contributed by atoms with Crippen molar-refractivity contribution >= 4 is 14.8 Å². The van der Waals surface area contributed by atoms with Crippen LogP contribution in [-0.2, 0) is 22.8 Å². The number of nitrogens with zero attached hydrogens (tertiary/aromatic N) is 1. The third-order valence-electron chi connectivity index (χ3n) is 2.55. The Morgan fingerprint density at radius 3 is 2.24 bits per heavy atom. The molecule has 1 rings (SSSR count). The second kappa shape index (κ2) is 11.2. The minimum atomic E-state index is -2.53. The molecule has 0 spiro atoms. The standard InChI is InChI=1S/C10H20O5Si.C3H4N2/c1-9(2)10(11)15-7-6-8-16(12-3,13-4)14-5;1-2-5-3-4-1/h1,6-8H2,2-5H3;1-3H,(H,4,5). The fraction of sp³-hybridized carbons (Fsp3) is 0.538. The Balaban J connectivity index is 0.000000662. The number of H-pyrrole nitrogens is 1. The number of imidazole rings is 1. The van der Waals surface area contributed by atoms with Crippen LogP contribution in [0.25, 0.3) is 0 Å². The van der Waals surface area contributed by atoms with Crippen LogP contribution in [0.4, 0.5) is 0 Å². The van der Waals surface area contributed by atoms with Crippen molar-refractivity contribution in [2.75, 3.05) is 27.9 Å². The van der Waals surface area contributed by atoms with E-state index in [2.05, 4.69) is 16.5 Å². The van der Waals surface area contributed by atoms with E-state index in [9.17, 15) is 4.79 Å². The van der Waals surface area contributed by atoms with Gasteiger partial charge in [0.1, 0.15) is 0 Å². The number of carbonyl (C=O) groups excluding carboxylic acids is 1. The molecule has 0 aliphatic carbocycles. The molecule has 1 aromatic rings. The molecule has 120 valence electrons. The Hall–Kier alpha value is -1.48. The van der Waals surface area contributed by atoms with Crippen LogP contribution in [0.15, 0.2) is 30.9 Å². The number of rotatable bonds is 8. The first-order chi connectivity index (χ1) is 10.0. The van der Waals surface area contributed by atoms with Crippen molar-refractivity contribution in [3.63, 3.8) is 0 Å². The largest absolute Gasteiger partial charge is 0.500 e. The van der Waals surface area contributed by atoms with Gasteiger partial charge < -0.3 is 23.0 Å². The number of aromatic nitrogens is 2. The van der Waals surface area contributed by atoms with Gasteiger partial charge in [-0.3, -0.25) is 0 Å². The molecule has 0 saturated heterocycles. The van der Waals surface area contributed by atoms with Crippen LogP contribution in [0.1, 0.15) is 13.3 Å². The summed E-state index contributed by atoms with van der Waals surface area (Å²) < 4.78 is 20.6. The quantitative estimate of drug-likeness (QED) is 0.341. The highest BCUT2D eigenvalue weighted by Gasteiger charge is 2.36. The molecule has 0 aromatic carbocycles. The van der Waals surface area contributed by atoms with Crippen molar-refractivity contribution in [1.82, 2.24) is 9.97 Å². The zero-order chi connectivity index (χ0) is 16.1. The Morgan fingerprint density at radius 1 is 1.29 bits per heavy atom. The molecule has 0 atom stereocenters. The monoisotopic (exact) mass is 316 g/mol. The van der Waals surface area contributed by atoms with E-state index in [1.165, 1.54) is 0 Å². The molecule has 0 aliphatic heterocycles. The summed E-state index contributed by atoms with van der Waals surface area (Å²) in [5.74, 6) is -0.375. The van der Waals surface area contributed by atoms with Gasteiger partial charge in [0.25, 0.3) is 0 Å². The maximum atomic E-state index is 11.1. The van der Waals surface area contributed by atoms with Gasteiger partial charge in [0.2, 0.25) is 0 Å². The Kier molecular flexibility index (Phi) is 10.4. The SMILES string of the molecule is C=C(C)C(=O)OCCC[Si](OC)(OC)OC.c1c[nH]cn1. The first-order valence-corrected chi connectivity index (χ1v) is 8.35. The molecule has 0 unspecified atom stereocenters. The lowest BCUT2D eigenvalue weighted by Crippen LogP contribution is -2.42. The molecule has 0 fully saturated rings. The van der Waals surface area contributed by atoms with Gasteiger partial charge in [-0.2, -0.15) is 0 Å². The van der Waals surface area contributed by atoms with Gasteiger partial charge in [0.05, 0.1) is 12.9 Å². The van der Waals surface area contributed by atoms with E-state index in [-0.39, 0.29) is 5.97 Å². The number of ether oxygens (including phenoxy) is 1. The highest BCUT2D eigenvalue weighted by Crippen LogP contribution is 2.14. The summed E-state index contributed by atoms with van der Waals surface area (Å²) in [6.45, 7) is 5.42. The average molecular weight is 316 g/mol. The fourth-order valence-corrected chi connectivity index (χ4v) is 3.04. The van der Waals surface area contributed by atoms with Crippen molar-refractivity contribution in [1.29, 1.82) is 0 Å². The molecular weight excluding hydrogens is 292 g/mol. The number of hydrogen-bond donors (Lipinski definition) is 1. The van der Waals surface area contributed by atoms with Gasteiger partial charge in [0, 0.05) is 45.3 Å². The lowest BCUT2D eigenvalue weighted by Gasteiger charge is -2.24. The van der Waals surface area contributed by atoms with Crippen LogP contribution in [0, 0.1) is 0 Å². The first kappa shape index (κ1) is 19.5. The van der Waals surface area contributed by atoms with Gasteiger partial charge in [-0.25, -0.2) is 9.78 Å². The van der Waals surface area contributed by atoms with E-state index in [0.29, 0.717) is 24.6 Å². The van der Waals surface area contributed by atoms with Crippen LogP contribution in [-0.4, -0.2) is 52.7 Å². The second-order valence-electron chi connectivity index (χ2n) is 4.08. The predicted octanol–water partition coefficient (Wildman–Crippen LogP) is 1.78. The molecule has 0 radical (unpaired) electrons. The number of aromatic amines is 1. The average Bonchev–Trinajstić information content (AvgIpc) is 3.07. The molecule has 0 bridgehead atoms. The van der Waals surface area contributed by atoms with E-state index in [1.54, 1.807) is 47.0 Å². The summed E-state index contributed by atoms with van der Waals surface area (Å²) >= 11 is 0. The van der Waals surface area contributed by atoms with Crippen molar-refractivity contribution in [2.24, 2.45) is 0 Å². The van der Waals surface area contributed by atoms with E-state index in [1.807, 2.05) is 0 Å². The Labute approximate surface area is 126 Å². The maximum absolute atomic E-state index is 11.1. The van der Waals surface area contributed by atoms with Gasteiger partial charge in [-0.1, -0.05) is 6.58 Å². The van der Waals surface area contributed by atoms with Gasteiger partial charge >= 0.3 is 14.8 Å². The van der Waals surface area contributed by atoms with E-state index >= 15 is 0 Å². The molecule has 0 saturated carbocycles. The van der Waals surface area contributed by atoms with Crippen LogP contribution in [0.3, 0.4) is 0 Å². The number of hydrogen-bond acceptors (Lipinski definition) is 6.